The van der Waals surface area contributed by atoms with Crippen LogP contribution in [0.15, 0.2) is 36.4 Å². The fourth-order valence-corrected chi connectivity index (χ4v) is 2.02. The van der Waals surface area contributed by atoms with Crippen molar-refractivity contribution in [3.63, 3.8) is 0 Å². The summed E-state index contributed by atoms with van der Waals surface area (Å²) < 4.78 is 15.5. The highest BCUT2D eigenvalue weighted by molar-refractivity contribution is 6.43. The standard InChI is InChI=1S/C15H12Cl2O4/c1-19-11-7-6-9(8-13(11)20-2)15(18)21-12-5-3-4-10(16)14(12)17/h3-8H,1-2H3. The van der Waals surface area contributed by atoms with Crippen molar-refractivity contribution in [2.45, 2.75) is 0 Å². The van der Waals surface area contributed by atoms with E-state index in [-0.39, 0.29) is 10.8 Å². The van der Waals surface area contributed by atoms with Crippen LogP contribution < -0.4 is 14.2 Å². The van der Waals surface area contributed by atoms with Crippen molar-refractivity contribution in [1.82, 2.24) is 0 Å². The molecular weight excluding hydrogens is 315 g/mol. The molecule has 21 heavy (non-hydrogen) atoms. The fraction of sp³-hybridized carbons (Fsp3) is 0.133. The Bertz CT molecular complexity index is 671. The van der Waals surface area contributed by atoms with Crippen LogP contribution in [0.5, 0.6) is 17.2 Å². The Hall–Kier alpha value is -1.91. The maximum atomic E-state index is 12.1. The highest BCUT2D eigenvalue weighted by Gasteiger charge is 2.15. The molecule has 0 bridgehead atoms. The number of ether oxygens (including phenoxy) is 3. The summed E-state index contributed by atoms with van der Waals surface area (Å²) in [7, 11) is 3.00. The molecule has 0 amide bonds. The summed E-state index contributed by atoms with van der Waals surface area (Å²) in [6.07, 6.45) is 0. The Kier molecular flexibility index (Phi) is 4.94. The van der Waals surface area contributed by atoms with E-state index in [4.69, 9.17) is 37.4 Å². The first kappa shape index (κ1) is 15.5. The van der Waals surface area contributed by atoms with Gasteiger partial charge < -0.3 is 14.2 Å². The lowest BCUT2D eigenvalue weighted by atomic mass is 10.2. The maximum absolute atomic E-state index is 12.1. The van der Waals surface area contributed by atoms with E-state index in [1.807, 2.05) is 0 Å². The van der Waals surface area contributed by atoms with E-state index in [9.17, 15) is 4.79 Å². The zero-order valence-corrected chi connectivity index (χ0v) is 12.9. The average molecular weight is 327 g/mol. The zero-order chi connectivity index (χ0) is 15.4. The molecule has 4 nitrogen and oxygen atoms in total. The molecule has 0 aliphatic heterocycles. The van der Waals surface area contributed by atoms with E-state index in [1.54, 1.807) is 30.3 Å². The SMILES string of the molecule is COc1ccc(C(=O)Oc2cccc(Cl)c2Cl)cc1OC. The Labute approximate surface area is 132 Å². The van der Waals surface area contributed by atoms with Crippen LogP contribution in [-0.4, -0.2) is 20.2 Å². The van der Waals surface area contributed by atoms with Gasteiger partial charge in [-0.25, -0.2) is 4.79 Å². The molecule has 0 radical (unpaired) electrons. The second-order valence-electron chi connectivity index (χ2n) is 4.01. The molecule has 0 aromatic heterocycles. The first-order valence-electron chi connectivity index (χ1n) is 5.95. The summed E-state index contributed by atoms with van der Waals surface area (Å²) in [6.45, 7) is 0. The second kappa shape index (κ2) is 6.70. The van der Waals surface area contributed by atoms with Crippen LogP contribution in [-0.2, 0) is 0 Å². The van der Waals surface area contributed by atoms with Gasteiger partial charge in [-0.05, 0) is 30.3 Å². The molecule has 2 rings (SSSR count). The molecule has 0 atom stereocenters. The first-order chi connectivity index (χ1) is 10.1. The van der Waals surface area contributed by atoms with Crippen LogP contribution in [0.25, 0.3) is 0 Å². The first-order valence-corrected chi connectivity index (χ1v) is 6.70. The summed E-state index contributed by atoms with van der Waals surface area (Å²) in [5, 5.41) is 0.502. The third-order valence-electron chi connectivity index (χ3n) is 2.74. The summed E-state index contributed by atoms with van der Waals surface area (Å²) in [5.74, 6) is 0.586. The van der Waals surface area contributed by atoms with Gasteiger partial charge >= 0.3 is 5.97 Å². The highest BCUT2D eigenvalue weighted by atomic mass is 35.5. The maximum Gasteiger partial charge on any atom is 0.343 e. The van der Waals surface area contributed by atoms with Gasteiger partial charge in [0.1, 0.15) is 5.02 Å². The van der Waals surface area contributed by atoms with Gasteiger partial charge in [-0.1, -0.05) is 29.3 Å². The van der Waals surface area contributed by atoms with Crippen molar-refractivity contribution in [1.29, 1.82) is 0 Å². The van der Waals surface area contributed by atoms with Crippen LogP contribution in [0, 0.1) is 0 Å². The van der Waals surface area contributed by atoms with Crippen LogP contribution in [0.3, 0.4) is 0 Å². The highest BCUT2D eigenvalue weighted by Crippen LogP contribution is 2.33. The molecule has 2 aromatic rings. The minimum atomic E-state index is -0.569. The molecule has 0 N–H and O–H groups in total. The van der Waals surface area contributed by atoms with E-state index in [2.05, 4.69) is 0 Å². The normalized spacial score (nSPS) is 10.1. The van der Waals surface area contributed by atoms with Crippen molar-refractivity contribution in [2.24, 2.45) is 0 Å². The number of carbonyl (C=O) groups excluding carboxylic acids is 1. The lowest BCUT2D eigenvalue weighted by Crippen LogP contribution is -2.09. The van der Waals surface area contributed by atoms with Gasteiger partial charge in [-0.3, -0.25) is 0 Å². The topological polar surface area (TPSA) is 44.8 Å². The predicted molar refractivity (Wildman–Crippen MR) is 81.0 cm³/mol. The fourth-order valence-electron chi connectivity index (χ4n) is 1.68. The van der Waals surface area contributed by atoms with Crippen LogP contribution in [0.1, 0.15) is 10.4 Å². The van der Waals surface area contributed by atoms with Crippen LogP contribution in [0.4, 0.5) is 0 Å². The largest absolute Gasteiger partial charge is 0.493 e. The van der Waals surface area contributed by atoms with E-state index < -0.39 is 5.97 Å². The number of benzene rings is 2. The number of rotatable bonds is 4. The average Bonchev–Trinajstić information content (AvgIpc) is 2.51. The third-order valence-corrected chi connectivity index (χ3v) is 3.54. The van der Waals surface area contributed by atoms with E-state index in [1.165, 1.54) is 20.3 Å². The molecule has 110 valence electrons. The molecule has 0 heterocycles. The molecule has 0 spiro atoms. The van der Waals surface area contributed by atoms with Gasteiger partial charge in [-0.2, -0.15) is 0 Å². The monoisotopic (exact) mass is 326 g/mol. The molecular formula is C15H12Cl2O4. The summed E-state index contributed by atoms with van der Waals surface area (Å²) in [5.41, 5.74) is 0.309. The molecule has 0 aliphatic rings. The quantitative estimate of drug-likeness (QED) is 0.623. The Morgan fingerprint density at radius 3 is 2.33 bits per heavy atom. The predicted octanol–water partition coefficient (Wildman–Crippen LogP) is 4.23. The molecule has 0 saturated heterocycles. The van der Waals surface area contributed by atoms with Gasteiger partial charge in [0.2, 0.25) is 0 Å². The number of halogens is 2. The number of carbonyl (C=O) groups is 1. The Morgan fingerprint density at radius 1 is 0.952 bits per heavy atom. The van der Waals surface area contributed by atoms with Crippen molar-refractivity contribution in [3.8, 4) is 17.2 Å². The summed E-state index contributed by atoms with van der Waals surface area (Å²) >= 11 is 11.8. The number of esters is 1. The van der Waals surface area contributed by atoms with Gasteiger partial charge in [0.05, 0.1) is 24.8 Å². The van der Waals surface area contributed by atoms with Crippen molar-refractivity contribution < 1.29 is 19.0 Å². The van der Waals surface area contributed by atoms with E-state index in [0.29, 0.717) is 22.1 Å². The molecule has 0 saturated carbocycles. The minimum absolute atomic E-state index is 0.188. The number of hydrogen-bond donors (Lipinski definition) is 0. The lowest BCUT2D eigenvalue weighted by molar-refractivity contribution is 0.0734. The lowest BCUT2D eigenvalue weighted by Gasteiger charge is -2.10. The second-order valence-corrected chi connectivity index (χ2v) is 4.80. The summed E-state index contributed by atoms with van der Waals surface area (Å²) in [4.78, 5) is 12.1. The molecule has 0 unspecified atom stereocenters. The van der Waals surface area contributed by atoms with Gasteiger partial charge in [-0.15, -0.1) is 0 Å². The van der Waals surface area contributed by atoms with Gasteiger partial charge in [0, 0.05) is 0 Å². The van der Waals surface area contributed by atoms with E-state index >= 15 is 0 Å². The van der Waals surface area contributed by atoms with Crippen molar-refractivity contribution in [3.05, 3.63) is 52.0 Å². The van der Waals surface area contributed by atoms with Crippen molar-refractivity contribution >= 4 is 29.2 Å². The number of methoxy groups -OCH3 is 2. The smallest absolute Gasteiger partial charge is 0.343 e. The van der Waals surface area contributed by atoms with Crippen LogP contribution in [0.2, 0.25) is 10.0 Å². The molecule has 2 aromatic carbocycles. The molecule has 6 heteroatoms. The number of hydrogen-bond acceptors (Lipinski definition) is 4. The molecule has 0 fully saturated rings. The van der Waals surface area contributed by atoms with E-state index in [0.717, 1.165) is 0 Å². The third kappa shape index (κ3) is 3.40. The van der Waals surface area contributed by atoms with Crippen LogP contribution >= 0.6 is 23.2 Å². The molecule has 0 aliphatic carbocycles. The summed E-state index contributed by atoms with van der Waals surface area (Å²) in [6, 6.07) is 9.53. The van der Waals surface area contributed by atoms with Crippen molar-refractivity contribution in [2.75, 3.05) is 14.2 Å². The minimum Gasteiger partial charge on any atom is -0.493 e. The zero-order valence-electron chi connectivity index (χ0n) is 11.4. The van der Waals surface area contributed by atoms with Gasteiger partial charge in [0.15, 0.2) is 17.2 Å². The van der Waals surface area contributed by atoms with Gasteiger partial charge in [0.25, 0.3) is 0 Å². The Balaban J connectivity index is 2.26. The Morgan fingerprint density at radius 2 is 1.67 bits per heavy atom.